The van der Waals surface area contributed by atoms with Crippen LogP contribution in [-0.2, 0) is 24.1 Å². The molecule has 0 amide bonds. The van der Waals surface area contributed by atoms with Gasteiger partial charge in [-0.05, 0) is 66.6 Å². The van der Waals surface area contributed by atoms with Crippen LogP contribution in [0.5, 0.6) is 5.75 Å². The van der Waals surface area contributed by atoms with Gasteiger partial charge in [0, 0.05) is 12.3 Å². The Morgan fingerprint density at radius 1 is 1.04 bits per heavy atom. The van der Waals surface area contributed by atoms with Crippen molar-refractivity contribution in [1.82, 2.24) is 15.0 Å². The summed E-state index contributed by atoms with van der Waals surface area (Å²) >= 11 is 0. The molecule has 146 valence electrons. The van der Waals surface area contributed by atoms with Crippen LogP contribution in [0, 0.1) is 5.92 Å². The number of carbonyl (C=O) groups is 1. The van der Waals surface area contributed by atoms with E-state index in [1.165, 1.54) is 15.9 Å². The standard InChI is InChI=1S/C23H27N3O2/c1-3-16-13-19-20(14-17(16)4-2)25-26(24-19)21-10-9-15(12-23(21)28)11-22(27)18-7-5-6-8-18/h9-10,12-14,18,28H,3-8,11H2,1-2H3. The molecule has 0 radical (unpaired) electrons. The summed E-state index contributed by atoms with van der Waals surface area (Å²) in [6.45, 7) is 4.28. The summed E-state index contributed by atoms with van der Waals surface area (Å²) in [5, 5.41) is 19.7. The van der Waals surface area contributed by atoms with Crippen LogP contribution in [-0.4, -0.2) is 25.9 Å². The lowest BCUT2D eigenvalue weighted by molar-refractivity contribution is -0.122. The molecule has 0 bridgehead atoms. The van der Waals surface area contributed by atoms with Gasteiger partial charge < -0.3 is 5.11 Å². The lowest BCUT2D eigenvalue weighted by Crippen LogP contribution is -2.13. The highest BCUT2D eigenvalue weighted by molar-refractivity contribution is 5.83. The number of aromatic hydroxyl groups is 1. The number of phenolic OH excluding ortho intramolecular Hbond substituents is 1. The first kappa shape index (κ1) is 18.7. The van der Waals surface area contributed by atoms with Crippen LogP contribution < -0.4 is 0 Å². The van der Waals surface area contributed by atoms with Gasteiger partial charge in [0.2, 0.25) is 0 Å². The maximum atomic E-state index is 12.4. The van der Waals surface area contributed by atoms with Gasteiger partial charge in [0.25, 0.3) is 0 Å². The first-order valence-electron chi connectivity index (χ1n) is 10.3. The van der Waals surface area contributed by atoms with Crippen LogP contribution >= 0.6 is 0 Å². The summed E-state index contributed by atoms with van der Waals surface area (Å²) in [7, 11) is 0. The van der Waals surface area contributed by atoms with Gasteiger partial charge in [-0.15, -0.1) is 15.0 Å². The predicted octanol–water partition coefficient (Wildman–Crippen LogP) is 4.55. The summed E-state index contributed by atoms with van der Waals surface area (Å²) in [5.74, 6) is 0.579. The number of aromatic nitrogens is 3. The van der Waals surface area contributed by atoms with Crippen molar-refractivity contribution in [2.75, 3.05) is 0 Å². The Morgan fingerprint density at radius 3 is 2.18 bits per heavy atom. The SMILES string of the molecule is CCc1cc2nn(-c3ccc(CC(=O)C4CCCC4)cc3O)nc2cc1CC. The number of rotatable bonds is 6. The molecule has 2 aromatic carbocycles. The maximum absolute atomic E-state index is 12.4. The third-order valence-electron chi connectivity index (χ3n) is 5.91. The van der Waals surface area contributed by atoms with Crippen LogP contribution in [0.3, 0.4) is 0 Å². The zero-order chi connectivity index (χ0) is 19.7. The molecule has 1 aliphatic carbocycles. The van der Waals surface area contributed by atoms with Crippen LogP contribution in [0.15, 0.2) is 30.3 Å². The van der Waals surface area contributed by atoms with Gasteiger partial charge in [-0.1, -0.05) is 32.8 Å². The van der Waals surface area contributed by atoms with E-state index in [9.17, 15) is 9.90 Å². The maximum Gasteiger partial charge on any atom is 0.143 e. The summed E-state index contributed by atoms with van der Waals surface area (Å²) in [6.07, 6.45) is 6.62. The second-order valence-electron chi connectivity index (χ2n) is 7.75. The minimum Gasteiger partial charge on any atom is -0.506 e. The van der Waals surface area contributed by atoms with Crippen molar-refractivity contribution in [3.05, 3.63) is 47.0 Å². The van der Waals surface area contributed by atoms with Crippen molar-refractivity contribution >= 4 is 16.8 Å². The molecule has 0 unspecified atom stereocenters. The van der Waals surface area contributed by atoms with E-state index in [-0.39, 0.29) is 17.5 Å². The van der Waals surface area contributed by atoms with Crippen LogP contribution in [0.1, 0.15) is 56.2 Å². The molecule has 1 fully saturated rings. The molecule has 1 aromatic heterocycles. The number of hydrogen-bond donors (Lipinski definition) is 1. The predicted molar refractivity (Wildman–Crippen MR) is 110 cm³/mol. The van der Waals surface area contributed by atoms with E-state index in [0.717, 1.165) is 55.1 Å². The van der Waals surface area contributed by atoms with Gasteiger partial charge in [0.1, 0.15) is 28.3 Å². The third kappa shape index (κ3) is 3.53. The van der Waals surface area contributed by atoms with Gasteiger partial charge in [-0.3, -0.25) is 4.79 Å². The molecular weight excluding hydrogens is 350 g/mol. The number of aryl methyl sites for hydroxylation is 2. The summed E-state index contributed by atoms with van der Waals surface area (Å²) in [6, 6.07) is 9.54. The van der Waals surface area contributed by atoms with E-state index in [2.05, 4.69) is 36.2 Å². The smallest absolute Gasteiger partial charge is 0.143 e. The summed E-state index contributed by atoms with van der Waals surface area (Å²) in [4.78, 5) is 13.9. The zero-order valence-electron chi connectivity index (χ0n) is 16.6. The van der Waals surface area contributed by atoms with Crippen molar-refractivity contribution in [2.45, 2.75) is 58.8 Å². The van der Waals surface area contributed by atoms with Crippen molar-refractivity contribution in [2.24, 2.45) is 5.92 Å². The molecule has 0 saturated heterocycles. The van der Waals surface area contributed by atoms with Crippen molar-refractivity contribution < 1.29 is 9.90 Å². The van der Waals surface area contributed by atoms with Crippen molar-refractivity contribution in [1.29, 1.82) is 0 Å². The number of fused-ring (bicyclic) bond motifs is 1. The van der Waals surface area contributed by atoms with Gasteiger partial charge in [0.05, 0.1) is 0 Å². The number of nitrogens with zero attached hydrogens (tertiary/aromatic N) is 3. The van der Waals surface area contributed by atoms with E-state index in [1.54, 1.807) is 12.1 Å². The Hall–Kier alpha value is -2.69. The van der Waals surface area contributed by atoms with Gasteiger partial charge in [-0.2, -0.15) is 0 Å². The van der Waals surface area contributed by atoms with E-state index >= 15 is 0 Å². The molecule has 4 rings (SSSR count). The van der Waals surface area contributed by atoms with Crippen LogP contribution in [0.25, 0.3) is 16.7 Å². The second-order valence-corrected chi connectivity index (χ2v) is 7.75. The monoisotopic (exact) mass is 377 g/mol. The number of carbonyl (C=O) groups excluding carboxylic acids is 1. The molecule has 1 aliphatic rings. The Bertz CT molecular complexity index is 975. The molecule has 1 N–H and O–H groups in total. The Kier molecular flexibility index (Phi) is 5.16. The van der Waals surface area contributed by atoms with Crippen molar-refractivity contribution in [3.8, 4) is 11.4 Å². The molecule has 0 spiro atoms. The second kappa shape index (κ2) is 7.74. The fraction of sp³-hybridized carbons (Fsp3) is 0.435. The number of phenols is 1. The molecule has 0 aliphatic heterocycles. The molecule has 28 heavy (non-hydrogen) atoms. The largest absolute Gasteiger partial charge is 0.506 e. The van der Waals surface area contributed by atoms with Crippen molar-refractivity contribution in [3.63, 3.8) is 0 Å². The Labute approximate surface area is 165 Å². The average Bonchev–Trinajstić information content (AvgIpc) is 3.36. The normalized spacial score (nSPS) is 14.8. The lowest BCUT2D eigenvalue weighted by atomic mass is 9.96. The summed E-state index contributed by atoms with van der Waals surface area (Å²) < 4.78 is 0. The number of Topliss-reactive ketones (excluding diaryl/α,β-unsaturated/α-hetero) is 1. The number of ketones is 1. The van der Waals surface area contributed by atoms with E-state index in [1.807, 2.05) is 6.07 Å². The average molecular weight is 377 g/mol. The van der Waals surface area contributed by atoms with Crippen LogP contribution in [0.2, 0.25) is 0 Å². The molecule has 1 heterocycles. The highest BCUT2D eigenvalue weighted by atomic mass is 16.3. The Balaban J connectivity index is 1.61. The van der Waals surface area contributed by atoms with Gasteiger partial charge >= 0.3 is 0 Å². The Morgan fingerprint density at radius 2 is 1.64 bits per heavy atom. The topological polar surface area (TPSA) is 68.0 Å². The molecular formula is C23H27N3O2. The number of hydrogen-bond acceptors (Lipinski definition) is 4. The van der Waals surface area contributed by atoms with Gasteiger partial charge in [-0.25, -0.2) is 0 Å². The van der Waals surface area contributed by atoms with Gasteiger partial charge in [0.15, 0.2) is 0 Å². The molecule has 1 saturated carbocycles. The quantitative estimate of drug-likeness (QED) is 0.684. The molecule has 3 aromatic rings. The minimum atomic E-state index is 0.100. The lowest BCUT2D eigenvalue weighted by Gasteiger charge is -2.09. The third-order valence-corrected chi connectivity index (χ3v) is 5.91. The van der Waals surface area contributed by atoms with Crippen LogP contribution in [0.4, 0.5) is 0 Å². The molecule has 0 atom stereocenters. The fourth-order valence-electron chi connectivity index (χ4n) is 4.26. The number of benzene rings is 2. The minimum absolute atomic E-state index is 0.100. The van der Waals surface area contributed by atoms with E-state index in [4.69, 9.17) is 0 Å². The highest BCUT2D eigenvalue weighted by Crippen LogP contribution is 2.29. The first-order chi connectivity index (χ1) is 13.6. The zero-order valence-corrected chi connectivity index (χ0v) is 16.6. The molecule has 5 nitrogen and oxygen atoms in total. The summed E-state index contributed by atoms with van der Waals surface area (Å²) in [5.41, 5.74) is 5.60. The fourth-order valence-corrected chi connectivity index (χ4v) is 4.26. The molecule has 5 heteroatoms. The van der Waals surface area contributed by atoms with E-state index in [0.29, 0.717) is 12.1 Å². The highest BCUT2D eigenvalue weighted by Gasteiger charge is 2.23. The first-order valence-corrected chi connectivity index (χ1v) is 10.3. The van der Waals surface area contributed by atoms with E-state index < -0.39 is 0 Å².